The third-order valence-electron chi connectivity index (χ3n) is 9.14. The summed E-state index contributed by atoms with van der Waals surface area (Å²) in [6.45, 7) is 0. The summed E-state index contributed by atoms with van der Waals surface area (Å²) in [7, 11) is 0. The molecule has 0 bridgehead atoms. The van der Waals surface area contributed by atoms with Crippen molar-refractivity contribution < 1.29 is 0 Å². The minimum absolute atomic E-state index is 0.756. The van der Waals surface area contributed by atoms with E-state index in [9.17, 15) is 0 Å². The molecule has 0 aromatic heterocycles. The maximum Gasteiger partial charge on any atom is 0.0314 e. The van der Waals surface area contributed by atoms with Crippen LogP contribution < -0.4 is 5.73 Å². The molecule has 0 fully saturated rings. The van der Waals surface area contributed by atoms with Gasteiger partial charge in [0.2, 0.25) is 0 Å². The second-order valence-corrected chi connectivity index (χ2v) is 12.5. The highest BCUT2D eigenvalue weighted by molar-refractivity contribution is 5.88. The lowest BCUT2D eigenvalue weighted by Gasteiger charge is -2.16. The Bertz CT molecular complexity index is 2080. The van der Waals surface area contributed by atoms with Gasteiger partial charge in [-0.05, 0) is 145 Å². The van der Waals surface area contributed by atoms with E-state index in [-0.39, 0.29) is 0 Å². The smallest absolute Gasteiger partial charge is 0.0314 e. The maximum absolute atomic E-state index is 6.13. The molecule has 0 aliphatic rings. The van der Waals surface area contributed by atoms with Crippen LogP contribution in [-0.4, -0.2) is 0 Å². The second-order valence-electron chi connectivity index (χ2n) is 12.5. The molecular formula is C48H35N. The molecule has 1 heteroatoms. The van der Waals surface area contributed by atoms with Crippen LogP contribution >= 0.6 is 0 Å². The normalized spacial score (nSPS) is 10.9. The third-order valence-corrected chi connectivity index (χ3v) is 9.14. The predicted molar refractivity (Wildman–Crippen MR) is 209 cm³/mol. The Labute approximate surface area is 288 Å². The molecule has 8 rings (SSSR count). The zero-order chi connectivity index (χ0) is 33.0. The number of benzene rings is 8. The summed E-state index contributed by atoms with van der Waals surface area (Å²) in [6.07, 6.45) is 0. The van der Waals surface area contributed by atoms with Gasteiger partial charge in [-0.1, -0.05) is 133 Å². The minimum Gasteiger partial charge on any atom is -0.399 e. The molecule has 8 aromatic rings. The van der Waals surface area contributed by atoms with Gasteiger partial charge in [-0.25, -0.2) is 0 Å². The molecule has 0 atom stereocenters. The minimum atomic E-state index is 0.756. The summed E-state index contributed by atoms with van der Waals surface area (Å²) in [6, 6.07) is 71.7. The van der Waals surface area contributed by atoms with Crippen molar-refractivity contribution in [3.05, 3.63) is 200 Å². The molecule has 0 saturated heterocycles. The zero-order valence-electron chi connectivity index (χ0n) is 27.1. The topological polar surface area (TPSA) is 26.0 Å². The molecule has 232 valence electrons. The lowest BCUT2D eigenvalue weighted by atomic mass is 9.88. The number of nitrogens with two attached hydrogens (primary N) is 1. The van der Waals surface area contributed by atoms with Gasteiger partial charge in [-0.2, -0.15) is 0 Å². The van der Waals surface area contributed by atoms with E-state index in [0.29, 0.717) is 0 Å². The molecule has 0 saturated carbocycles. The summed E-state index contributed by atoms with van der Waals surface area (Å²) in [5, 5.41) is 0. The summed E-state index contributed by atoms with van der Waals surface area (Å²) in [4.78, 5) is 0. The third kappa shape index (κ3) is 6.56. The molecule has 49 heavy (non-hydrogen) atoms. The number of nitrogen functional groups attached to an aromatic ring is 1. The Morgan fingerprint density at radius 1 is 0.184 bits per heavy atom. The van der Waals surface area contributed by atoms with Crippen LogP contribution in [0.3, 0.4) is 0 Å². The van der Waals surface area contributed by atoms with E-state index in [1.54, 1.807) is 0 Å². The van der Waals surface area contributed by atoms with E-state index in [2.05, 4.69) is 188 Å². The molecular weight excluding hydrogens is 591 g/mol. The molecule has 8 aromatic carbocycles. The SMILES string of the molecule is Nc1ccc(-c2cc(-c3cc(-c4ccccc4)cc(-c4ccccc4)c3)cc(-c3cc(-c4ccccc4)cc(-c4ccccc4)c3)c2)cc1. The number of hydrogen-bond donors (Lipinski definition) is 1. The van der Waals surface area contributed by atoms with Crippen molar-refractivity contribution >= 4 is 5.69 Å². The summed E-state index contributed by atoms with van der Waals surface area (Å²) in [5.41, 5.74) is 23.3. The quantitative estimate of drug-likeness (QED) is 0.175. The molecule has 0 aliphatic heterocycles. The van der Waals surface area contributed by atoms with Crippen LogP contribution in [0.15, 0.2) is 200 Å². The van der Waals surface area contributed by atoms with Crippen LogP contribution in [-0.2, 0) is 0 Å². The molecule has 0 radical (unpaired) electrons. The van der Waals surface area contributed by atoms with Gasteiger partial charge in [0.25, 0.3) is 0 Å². The molecule has 0 aliphatic carbocycles. The van der Waals surface area contributed by atoms with Crippen molar-refractivity contribution in [1.82, 2.24) is 0 Å². The van der Waals surface area contributed by atoms with Crippen molar-refractivity contribution in [2.75, 3.05) is 5.73 Å². The van der Waals surface area contributed by atoms with Crippen LogP contribution in [0.4, 0.5) is 5.69 Å². The number of hydrogen-bond acceptors (Lipinski definition) is 1. The van der Waals surface area contributed by atoms with Crippen molar-refractivity contribution in [2.24, 2.45) is 0 Å². The first-order valence-corrected chi connectivity index (χ1v) is 16.7. The lowest BCUT2D eigenvalue weighted by Crippen LogP contribution is -1.91. The largest absolute Gasteiger partial charge is 0.399 e. The molecule has 0 spiro atoms. The highest BCUT2D eigenvalue weighted by Gasteiger charge is 2.13. The van der Waals surface area contributed by atoms with E-state index in [4.69, 9.17) is 5.73 Å². The van der Waals surface area contributed by atoms with Crippen molar-refractivity contribution in [1.29, 1.82) is 0 Å². The van der Waals surface area contributed by atoms with Gasteiger partial charge in [0.15, 0.2) is 0 Å². The number of rotatable bonds is 7. The van der Waals surface area contributed by atoms with Gasteiger partial charge in [0.1, 0.15) is 0 Å². The van der Waals surface area contributed by atoms with Gasteiger partial charge < -0.3 is 5.73 Å². The predicted octanol–water partition coefficient (Wildman–Crippen LogP) is 12.9. The van der Waals surface area contributed by atoms with Crippen LogP contribution in [0.2, 0.25) is 0 Å². The first-order chi connectivity index (χ1) is 24.2. The fourth-order valence-corrected chi connectivity index (χ4v) is 6.58. The Kier molecular flexibility index (Phi) is 8.16. The highest BCUT2D eigenvalue weighted by Crippen LogP contribution is 2.39. The Balaban J connectivity index is 1.37. The average Bonchev–Trinajstić information content (AvgIpc) is 3.19. The van der Waals surface area contributed by atoms with Crippen LogP contribution in [0.25, 0.3) is 77.9 Å². The van der Waals surface area contributed by atoms with Gasteiger partial charge in [0.05, 0.1) is 0 Å². The molecule has 0 unspecified atom stereocenters. The first kappa shape index (κ1) is 29.9. The van der Waals surface area contributed by atoms with E-state index in [0.717, 1.165) is 27.9 Å². The Hall–Kier alpha value is -6.44. The second kappa shape index (κ2) is 13.4. The standard InChI is InChI=1S/C48H35N/c49-48-23-21-38(22-24-48)43-31-46(44-27-39(34-13-5-1-6-14-34)25-40(28-44)35-15-7-2-8-16-35)33-47(32-43)45-29-41(36-17-9-3-10-18-36)26-42(30-45)37-19-11-4-12-20-37/h1-33H,49H2. The Morgan fingerprint density at radius 2 is 0.367 bits per heavy atom. The summed E-state index contributed by atoms with van der Waals surface area (Å²) in [5.74, 6) is 0. The molecule has 2 N–H and O–H groups in total. The monoisotopic (exact) mass is 625 g/mol. The van der Waals surface area contributed by atoms with Crippen LogP contribution in [0, 0.1) is 0 Å². The molecule has 1 nitrogen and oxygen atoms in total. The fourth-order valence-electron chi connectivity index (χ4n) is 6.58. The maximum atomic E-state index is 6.13. The van der Waals surface area contributed by atoms with Crippen molar-refractivity contribution in [2.45, 2.75) is 0 Å². The summed E-state index contributed by atoms with van der Waals surface area (Å²) < 4.78 is 0. The van der Waals surface area contributed by atoms with Crippen molar-refractivity contribution in [3.8, 4) is 77.9 Å². The lowest BCUT2D eigenvalue weighted by molar-refractivity contribution is 1.54. The van der Waals surface area contributed by atoms with Gasteiger partial charge in [-0.15, -0.1) is 0 Å². The van der Waals surface area contributed by atoms with Crippen LogP contribution in [0.1, 0.15) is 0 Å². The number of anilines is 1. The fraction of sp³-hybridized carbons (Fsp3) is 0. The van der Waals surface area contributed by atoms with E-state index in [1.807, 2.05) is 12.1 Å². The Morgan fingerprint density at radius 3 is 0.592 bits per heavy atom. The van der Waals surface area contributed by atoms with Crippen molar-refractivity contribution in [3.63, 3.8) is 0 Å². The van der Waals surface area contributed by atoms with E-state index in [1.165, 1.54) is 55.6 Å². The van der Waals surface area contributed by atoms with Crippen LogP contribution in [0.5, 0.6) is 0 Å². The first-order valence-electron chi connectivity index (χ1n) is 16.7. The van der Waals surface area contributed by atoms with Gasteiger partial charge >= 0.3 is 0 Å². The molecule has 0 heterocycles. The van der Waals surface area contributed by atoms with E-state index >= 15 is 0 Å². The highest BCUT2D eigenvalue weighted by atomic mass is 14.5. The zero-order valence-corrected chi connectivity index (χ0v) is 27.1. The average molecular weight is 626 g/mol. The summed E-state index contributed by atoms with van der Waals surface area (Å²) >= 11 is 0. The van der Waals surface area contributed by atoms with Gasteiger partial charge in [0, 0.05) is 5.69 Å². The molecule has 0 amide bonds. The van der Waals surface area contributed by atoms with E-state index < -0.39 is 0 Å². The van der Waals surface area contributed by atoms with Gasteiger partial charge in [-0.3, -0.25) is 0 Å².